The first-order valence-corrected chi connectivity index (χ1v) is 13.3. The molecule has 0 aromatic heterocycles. The monoisotopic (exact) mass is 545 g/mol. The van der Waals surface area contributed by atoms with Crippen LogP contribution in [0.5, 0.6) is 0 Å². The topological polar surface area (TPSA) is 24.7 Å². The molecule has 0 heterocycles. The normalized spacial score (nSPS) is 11.2. The molecule has 180 valence electrons. The third-order valence-electron chi connectivity index (χ3n) is 5.37. The number of nitrogens with zero attached hydrogens (tertiary/aromatic N) is 2. The first-order chi connectivity index (χ1) is 14.2. The molecule has 0 aliphatic heterocycles. The molecule has 0 spiro atoms. The summed E-state index contributed by atoms with van der Waals surface area (Å²) < 4.78 is 0. The molecular formula is C28H44N2PPd+. The Bertz CT molecular complexity index is 756. The van der Waals surface area contributed by atoms with Crippen molar-refractivity contribution >= 4 is 30.7 Å². The summed E-state index contributed by atoms with van der Waals surface area (Å²) in [5, 5.41) is 0. The number of hydrogen-bond donors (Lipinski definition) is 0. The van der Waals surface area contributed by atoms with Crippen LogP contribution >= 0.6 is 7.92 Å². The van der Waals surface area contributed by atoms with E-state index in [0.29, 0.717) is 0 Å². The van der Waals surface area contributed by atoms with Crippen molar-refractivity contribution in [2.75, 3.05) is 18.5 Å². The van der Waals surface area contributed by atoms with Gasteiger partial charge in [0.15, 0.2) is 0 Å². The standard InChI is InChI=1S/C21H25N2.C6H15P.CH3.Pd/c1-14-9-7-10-15(2)20(14)22-18(5)13-19(6)23-21-16(3)11-8-12-17(21)4;1-4-7(5-2)6-3;;/h7-13H,1-6H3;4-6H2,1-3H3;1H3;/q-1;;-1;+2/p+1. The Hall–Kier alpha value is -1.26. The summed E-state index contributed by atoms with van der Waals surface area (Å²) in [6, 6.07) is 12.5. The Balaban J connectivity index is 0. The summed E-state index contributed by atoms with van der Waals surface area (Å²) in [4.78, 5) is 9.53. The van der Waals surface area contributed by atoms with Gasteiger partial charge in [0.2, 0.25) is 0 Å². The zero-order valence-electron chi connectivity index (χ0n) is 21.9. The van der Waals surface area contributed by atoms with Crippen LogP contribution in [0.2, 0.25) is 0 Å². The molecule has 32 heavy (non-hydrogen) atoms. The van der Waals surface area contributed by atoms with E-state index in [1.54, 1.807) is 0 Å². The van der Waals surface area contributed by atoms with E-state index in [0.717, 1.165) is 22.8 Å². The molecule has 0 aliphatic carbocycles. The predicted molar refractivity (Wildman–Crippen MR) is 148 cm³/mol. The second kappa shape index (κ2) is 17.2. The molecule has 2 aromatic rings. The maximum atomic E-state index is 4.76. The van der Waals surface area contributed by atoms with Crippen molar-refractivity contribution in [2.24, 2.45) is 9.98 Å². The van der Waals surface area contributed by atoms with Crippen molar-refractivity contribution in [1.29, 1.82) is 0 Å². The number of aliphatic imine (C=N–C) groups is 2. The number of hydrogen-bond acceptors (Lipinski definition) is 2. The van der Waals surface area contributed by atoms with Crippen LogP contribution in [-0.4, -0.2) is 29.9 Å². The Morgan fingerprint density at radius 1 is 0.688 bits per heavy atom. The summed E-state index contributed by atoms with van der Waals surface area (Å²) in [5.74, 6) is 0. The van der Waals surface area contributed by atoms with E-state index in [1.807, 2.05) is 20.3 Å². The Kier molecular flexibility index (Phi) is 17.7. The molecule has 2 aromatic carbocycles. The van der Waals surface area contributed by atoms with Gasteiger partial charge in [-0.1, -0.05) is 50.2 Å². The number of rotatable bonds is 7. The van der Waals surface area contributed by atoms with E-state index >= 15 is 0 Å². The predicted octanol–water partition coefficient (Wildman–Crippen LogP) is 8.72. The summed E-state index contributed by atoms with van der Waals surface area (Å²) >= 11 is 0. The zero-order valence-corrected chi connectivity index (χ0v) is 24.4. The molecule has 0 saturated heterocycles. The van der Waals surface area contributed by atoms with Gasteiger partial charge in [0.25, 0.3) is 0 Å². The van der Waals surface area contributed by atoms with Crippen LogP contribution in [0.25, 0.3) is 0 Å². The molecule has 0 amide bonds. The van der Waals surface area contributed by atoms with Crippen LogP contribution in [0, 0.1) is 41.5 Å². The van der Waals surface area contributed by atoms with Crippen LogP contribution in [0.15, 0.2) is 46.4 Å². The molecule has 2 rings (SSSR count). The maximum absolute atomic E-state index is 4.76. The van der Waals surface area contributed by atoms with Gasteiger partial charge in [-0.25, -0.2) is 0 Å². The van der Waals surface area contributed by atoms with Crippen LogP contribution in [0.1, 0.15) is 56.9 Å². The van der Waals surface area contributed by atoms with Crippen molar-refractivity contribution in [1.82, 2.24) is 0 Å². The first kappa shape index (κ1) is 32.9. The van der Waals surface area contributed by atoms with Gasteiger partial charge in [0.1, 0.15) is 0 Å². The van der Waals surface area contributed by atoms with Crippen LogP contribution in [0.4, 0.5) is 11.4 Å². The van der Waals surface area contributed by atoms with Crippen molar-refractivity contribution in [2.45, 2.75) is 62.3 Å². The quantitative estimate of drug-likeness (QED) is 0.144. The minimum Gasteiger partial charge on any atom is -0.358 e. The van der Waals surface area contributed by atoms with Crippen molar-refractivity contribution in [3.05, 3.63) is 72.5 Å². The molecule has 0 aliphatic rings. The first-order valence-electron chi connectivity index (χ1n) is 11.1. The van der Waals surface area contributed by atoms with E-state index in [4.69, 9.17) is 9.98 Å². The Labute approximate surface area is 213 Å². The summed E-state index contributed by atoms with van der Waals surface area (Å²) in [6.07, 6.45) is 6.41. The van der Waals surface area contributed by atoms with Gasteiger partial charge < -0.3 is 13.8 Å². The smallest absolute Gasteiger partial charge is 0.358 e. The SMILES string of the molecule is CC([CH-]C(C)=Nc1c(C)cccc1C)=Nc1c(C)cccc1C.CC[PH+](CC)CC.[CH3-].[Pd+2]. The van der Waals surface area contributed by atoms with Gasteiger partial charge in [-0.3, -0.25) is 9.98 Å². The molecule has 2 nitrogen and oxygen atoms in total. The Morgan fingerprint density at radius 2 is 0.969 bits per heavy atom. The van der Waals surface area contributed by atoms with Crippen molar-refractivity contribution < 1.29 is 20.4 Å². The van der Waals surface area contributed by atoms with E-state index < -0.39 is 0 Å². The molecule has 4 heteroatoms. The van der Waals surface area contributed by atoms with Gasteiger partial charge in [-0.15, -0.1) is 11.4 Å². The molecule has 0 unspecified atom stereocenters. The zero-order chi connectivity index (χ0) is 22.7. The number of para-hydroxylation sites is 2. The molecule has 0 saturated carbocycles. The molecular weight excluding hydrogens is 502 g/mol. The minimum atomic E-state index is 0. The fourth-order valence-corrected chi connectivity index (χ4v) is 4.93. The average molecular weight is 546 g/mol. The maximum Gasteiger partial charge on any atom is 2.00 e. The van der Waals surface area contributed by atoms with Gasteiger partial charge in [-0.05, 0) is 78.6 Å². The molecule has 0 radical (unpaired) electrons. The second-order valence-electron chi connectivity index (χ2n) is 7.94. The van der Waals surface area contributed by atoms with Crippen molar-refractivity contribution in [3.8, 4) is 0 Å². The van der Waals surface area contributed by atoms with E-state index in [1.165, 1.54) is 40.7 Å². The second-order valence-corrected chi connectivity index (χ2v) is 11.6. The summed E-state index contributed by atoms with van der Waals surface area (Å²) in [7, 11) is 0.137. The third kappa shape index (κ3) is 11.1. The van der Waals surface area contributed by atoms with E-state index in [-0.39, 0.29) is 35.8 Å². The van der Waals surface area contributed by atoms with Crippen LogP contribution in [0.3, 0.4) is 0 Å². The van der Waals surface area contributed by atoms with Crippen LogP contribution in [-0.2, 0) is 20.4 Å². The number of benzene rings is 2. The van der Waals surface area contributed by atoms with E-state index in [2.05, 4.69) is 84.9 Å². The van der Waals surface area contributed by atoms with Crippen LogP contribution < -0.4 is 0 Å². The minimum absolute atomic E-state index is 0. The average Bonchev–Trinajstić information content (AvgIpc) is 2.70. The molecule has 0 atom stereocenters. The Morgan fingerprint density at radius 3 is 1.19 bits per heavy atom. The van der Waals surface area contributed by atoms with Crippen molar-refractivity contribution in [3.63, 3.8) is 0 Å². The molecule has 0 N–H and O–H groups in total. The fraction of sp³-hybridized carbons (Fsp3) is 0.429. The number of aryl methyl sites for hydroxylation is 4. The molecule has 0 fully saturated rings. The van der Waals surface area contributed by atoms with Gasteiger partial charge in [0.05, 0.1) is 29.9 Å². The van der Waals surface area contributed by atoms with Gasteiger partial charge in [-0.2, -0.15) is 0 Å². The van der Waals surface area contributed by atoms with Gasteiger partial charge >= 0.3 is 20.4 Å². The molecule has 0 bridgehead atoms. The summed E-state index contributed by atoms with van der Waals surface area (Å²) in [6.45, 7) is 19.3. The van der Waals surface area contributed by atoms with Gasteiger partial charge in [0, 0.05) is 0 Å². The third-order valence-corrected chi connectivity index (χ3v) is 8.37. The summed E-state index contributed by atoms with van der Waals surface area (Å²) in [5.41, 5.74) is 8.83. The van der Waals surface area contributed by atoms with E-state index in [9.17, 15) is 0 Å². The fourth-order valence-electron chi connectivity index (χ4n) is 3.43. The largest absolute Gasteiger partial charge is 2.00 e.